The second-order valence-electron chi connectivity index (χ2n) is 8.96. The van der Waals surface area contributed by atoms with Crippen molar-refractivity contribution in [3.05, 3.63) is 88.9 Å². The largest absolute Gasteiger partial charge is 0.484 e. The molecular weight excluding hydrogens is 535 g/mol. The lowest BCUT2D eigenvalue weighted by atomic mass is 10.1. The number of carbonyl (C=O) groups excluding carboxylic acids is 3. The lowest BCUT2D eigenvalue weighted by molar-refractivity contribution is -0.137. The van der Waals surface area contributed by atoms with Crippen LogP contribution < -0.4 is 20.3 Å². The van der Waals surface area contributed by atoms with Gasteiger partial charge in [0.1, 0.15) is 5.75 Å². The van der Waals surface area contributed by atoms with E-state index in [0.29, 0.717) is 24.4 Å². The van der Waals surface area contributed by atoms with Crippen molar-refractivity contribution in [2.75, 3.05) is 29.9 Å². The summed E-state index contributed by atoms with van der Waals surface area (Å²) < 4.78 is 44.4. The Bertz CT molecular complexity index is 1330. The Hall–Kier alpha value is -4.05. The Morgan fingerprint density at radius 2 is 1.74 bits per heavy atom. The molecule has 0 unspecified atom stereocenters. The van der Waals surface area contributed by atoms with Crippen molar-refractivity contribution in [3.63, 3.8) is 0 Å². The molecule has 0 bridgehead atoms. The highest BCUT2D eigenvalue weighted by atomic mass is 35.5. The minimum atomic E-state index is -4.65. The maximum Gasteiger partial charge on any atom is 0.417 e. The molecule has 3 aromatic carbocycles. The summed E-state index contributed by atoms with van der Waals surface area (Å²) in [5, 5.41) is 4.77. The van der Waals surface area contributed by atoms with E-state index in [0.717, 1.165) is 17.7 Å². The second-order valence-corrected chi connectivity index (χ2v) is 9.36. The number of anilines is 2. The quantitative estimate of drug-likeness (QED) is 0.382. The van der Waals surface area contributed by atoms with Gasteiger partial charge in [0.25, 0.3) is 5.91 Å². The van der Waals surface area contributed by atoms with Gasteiger partial charge in [0.15, 0.2) is 6.61 Å². The van der Waals surface area contributed by atoms with E-state index < -0.39 is 35.2 Å². The van der Waals surface area contributed by atoms with Crippen LogP contribution in [0.5, 0.6) is 5.75 Å². The molecule has 11 heteroatoms. The average molecular weight is 560 g/mol. The van der Waals surface area contributed by atoms with Crippen molar-refractivity contribution in [3.8, 4) is 5.75 Å². The van der Waals surface area contributed by atoms with Gasteiger partial charge in [-0.15, -0.1) is 0 Å². The number of rotatable bonds is 9. The fourth-order valence-corrected chi connectivity index (χ4v) is 4.37. The first kappa shape index (κ1) is 28.0. The Morgan fingerprint density at radius 3 is 2.44 bits per heavy atom. The zero-order valence-electron chi connectivity index (χ0n) is 20.6. The minimum Gasteiger partial charge on any atom is -0.484 e. The van der Waals surface area contributed by atoms with Crippen molar-refractivity contribution in [1.82, 2.24) is 5.32 Å². The number of carbonyl (C=O) groups is 3. The number of hydrogen-bond acceptors (Lipinski definition) is 4. The van der Waals surface area contributed by atoms with Crippen molar-refractivity contribution < 1.29 is 32.3 Å². The number of halogens is 4. The van der Waals surface area contributed by atoms with E-state index in [2.05, 4.69) is 10.6 Å². The van der Waals surface area contributed by atoms with Gasteiger partial charge in [-0.05, 0) is 54.4 Å². The van der Waals surface area contributed by atoms with Crippen LogP contribution in [0.1, 0.15) is 17.5 Å². The molecule has 1 heterocycles. The third-order valence-corrected chi connectivity index (χ3v) is 6.45. The lowest BCUT2D eigenvalue weighted by Crippen LogP contribution is -2.34. The van der Waals surface area contributed by atoms with E-state index in [-0.39, 0.29) is 30.5 Å². The fraction of sp³-hybridized carbons (Fsp3) is 0.250. The number of benzene rings is 3. The lowest BCUT2D eigenvalue weighted by Gasteiger charge is -2.17. The molecule has 3 amide bonds. The number of ether oxygens (including phenoxy) is 1. The van der Waals surface area contributed by atoms with Crippen molar-refractivity contribution >= 4 is 40.7 Å². The molecule has 0 spiro atoms. The van der Waals surface area contributed by atoms with Gasteiger partial charge in [0, 0.05) is 30.9 Å². The second kappa shape index (κ2) is 12.2. The van der Waals surface area contributed by atoms with Gasteiger partial charge in [0.05, 0.1) is 16.5 Å². The van der Waals surface area contributed by atoms with Crippen LogP contribution in [0.15, 0.2) is 72.8 Å². The van der Waals surface area contributed by atoms with Crippen molar-refractivity contribution in [2.45, 2.75) is 19.0 Å². The summed E-state index contributed by atoms with van der Waals surface area (Å²) >= 11 is 5.59. The first-order chi connectivity index (χ1) is 18.6. The number of nitrogens with one attached hydrogen (secondary N) is 2. The molecule has 1 aliphatic rings. The van der Waals surface area contributed by atoms with Crippen LogP contribution in [0, 0.1) is 5.92 Å². The topological polar surface area (TPSA) is 87.7 Å². The molecule has 0 aliphatic carbocycles. The summed E-state index contributed by atoms with van der Waals surface area (Å²) in [6.45, 7) is 0.283. The van der Waals surface area contributed by atoms with E-state index >= 15 is 0 Å². The van der Waals surface area contributed by atoms with Crippen LogP contribution in [0.4, 0.5) is 24.5 Å². The zero-order valence-corrected chi connectivity index (χ0v) is 21.4. The van der Waals surface area contributed by atoms with E-state index in [1.807, 2.05) is 30.3 Å². The van der Waals surface area contributed by atoms with Gasteiger partial charge in [-0.3, -0.25) is 14.4 Å². The zero-order chi connectivity index (χ0) is 28.0. The maximum absolute atomic E-state index is 13.0. The van der Waals surface area contributed by atoms with Crippen LogP contribution >= 0.6 is 11.6 Å². The predicted molar refractivity (Wildman–Crippen MR) is 141 cm³/mol. The van der Waals surface area contributed by atoms with Crippen LogP contribution in [-0.4, -0.2) is 37.4 Å². The molecule has 1 atom stereocenters. The highest BCUT2D eigenvalue weighted by Gasteiger charge is 2.35. The molecular formula is C28H25ClF3N3O4. The first-order valence-electron chi connectivity index (χ1n) is 12.1. The molecule has 1 fully saturated rings. The summed E-state index contributed by atoms with van der Waals surface area (Å²) in [6, 6.07) is 19.2. The third kappa shape index (κ3) is 7.51. The molecule has 0 radical (unpaired) electrons. The van der Waals surface area contributed by atoms with E-state index in [4.69, 9.17) is 16.3 Å². The van der Waals surface area contributed by atoms with Crippen LogP contribution in [0.2, 0.25) is 5.02 Å². The van der Waals surface area contributed by atoms with Crippen LogP contribution in [-0.2, 0) is 27.0 Å². The van der Waals surface area contributed by atoms with E-state index in [1.165, 1.54) is 11.0 Å². The van der Waals surface area contributed by atoms with Crippen molar-refractivity contribution in [1.29, 1.82) is 0 Å². The maximum atomic E-state index is 13.0. The van der Waals surface area contributed by atoms with Crippen LogP contribution in [0.3, 0.4) is 0 Å². The standard InChI is InChI=1S/C28H25ClF3N3O4/c29-24-11-6-20(15-23(24)28(30,31)32)34-25(36)17-39-22-9-7-21(8-10-22)35-16-19(14-26(35)37)27(38)33-13-12-18-4-2-1-3-5-18/h1-11,15,19H,12-14,16-17H2,(H,33,38)(H,34,36)/t19-/m0/s1. The number of hydrogen-bond donors (Lipinski definition) is 2. The molecule has 2 N–H and O–H groups in total. The summed E-state index contributed by atoms with van der Waals surface area (Å²) in [5.74, 6) is -1.14. The molecule has 0 saturated carbocycles. The molecule has 4 rings (SSSR count). The molecule has 204 valence electrons. The van der Waals surface area contributed by atoms with E-state index in [9.17, 15) is 27.6 Å². The van der Waals surface area contributed by atoms with Gasteiger partial charge in [-0.1, -0.05) is 41.9 Å². The molecule has 1 aliphatic heterocycles. The highest BCUT2D eigenvalue weighted by molar-refractivity contribution is 6.31. The Balaban J connectivity index is 1.25. The Kier molecular flexibility index (Phi) is 8.75. The van der Waals surface area contributed by atoms with Crippen molar-refractivity contribution in [2.24, 2.45) is 5.92 Å². The number of alkyl halides is 3. The van der Waals surface area contributed by atoms with Crippen LogP contribution in [0.25, 0.3) is 0 Å². The number of amides is 3. The summed E-state index contributed by atoms with van der Waals surface area (Å²) in [5.41, 5.74) is 0.572. The molecule has 3 aromatic rings. The third-order valence-electron chi connectivity index (χ3n) is 6.13. The number of nitrogens with zero attached hydrogens (tertiary/aromatic N) is 1. The fourth-order valence-electron chi connectivity index (χ4n) is 4.14. The first-order valence-corrected chi connectivity index (χ1v) is 12.5. The van der Waals surface area contributed by atoms with Gasteiger partial charge in [-0.25, -0.2) is 0 Å². The Labute approximate surface area is 227 Å². The summed E-state index contributed by atoms with van der Waals surface area (Å²) in [6.07, 6.45) is -3.85. The van der Waals surface area contributed by atoms with Gasteiger partial charge >= 0.3 is 6.18 Å². The monoisotopic (exact) mass is 559 g/mol. The minimum absolute atomic E-state index is 0.0677. The normalized spacial score (nSPS) is 15.2. The summed E-state index contributed by atoms with van der Waals surface area (Å²) in [4.78, 5) is 38.8. The summed E-state index contributed by atoms with van der Waals surface area (Å²) in [7, 11) is 0. The smallest absolute Gasteiger partial charge is 0.417 e. The average Bonchev–Trinajstić information content (AvgIpc) is 3.30. The molecule has 1 saturated heterocycles. The van der Waals surface area contributed by atoms with Gasteiger partial charge < -0.3 is 20.3 Å². The molecule has 0 aromatic heterocycles. The highest BCUT2D eigenvalue weighted by Crippen LogP contribution is 2.36. The van der Waals surface area contributed by atoms with Gasteiger partial charge in [-0.2, -0.15) is 13.2 Å². The SMILES string of the molecule is O=C(COc1ccc(N2C[C@@H](C(=O)NCCc3ccccc3)CC2=O)cc1)Nc1ccc(Cl)c(C(F)(F)F)c1. The Morgan fingerprint density at radius 1 is 1.03 bits per heavy atom. The van der Waals surface area contributed by atoms with E-state index in [1.54, 1.807) is 24.3 Å². The molecule has 39 heavy (non-hydrogen) atoms. The predicted octanol–water partition coefficient (Wildman–Crippen LogP) is 5.09. The molecule has 7 nitrogen and oxygen atoms in total. The van der Waals surface area contributed by atoms with Gasteiger partial charge in [0.2, 0.25) is 11.8 Å².